The van der Waals surface area contributed by atoms with Gasteiger partial charge in [-0.25, -0.2) is 0 Å². The van der Waals surface area contributed by atoms with Crippen LogP contribution in [0.1, 0.15) is 50.2 Å². The first-order valence-electron chi connectivity index (χ1n) is 10.9. The lowest BCUT2D eigenvalue weighted by molar-refractivity contribution is 0.128. The smallest absolute Gasteiger partial charge is 0.191 e. The van der Waals surface area contributed by atoms with Crippen molar-refractivity contribution >= 4 is 5.96 Å². The molecule has 8 nitrogen and oxygen atoms in total. The highest BCUT2D eigenvalue weighted by atomic mass is 16.5. The molecule has 0 unspecified atom stereocenters. The van der Waals surface area contributed by atoms with Gasteiger partial charge in [0.15, 0.2) is 5.96 Å². The van der Waals surface area contributed by atoms with Crippen LogP contribution in [0.5, 0.6) is 0 Å². The second-order valence-corrected chi connectivity index (χ2v) is 7.85. The second-order valence-electron chi connectivity index (χ2n) is 7.85. The molecule has 28 heavy (non-hydrogen) atoms. The van der Waals surface area contributed by atoms with Gasteiger partial charge in [-0.05, 0) is 32.1 Å². The van der Waals surface area contributed by atoms with Crippen LogP contribution >= 0.6 is 0 Å². The highest BCUT2D eigenvalue weighted by Gasteiger charge is 2.19. The number of ether oxygens (including phenoxy) is 1. The molecule has 0 atom stereocenters. The van der Waals surface area contributed by atoms with E-state index in [1.54, 1.807) is 7.11 Å². The first-order chi connectivity index (χ1) is 13.8. The Morgan fingerprint density at radius 3 is 2.82 bits per heavy atom. The van der Waals surface area contributed by atoms with Crippen LogP contribution in [0.25, 0.3) is 0 Å². The number of aromatic nitrogens is 3. The van der Waals surface area contributed by atoms with Crippen molar-refractivity contribution in [1.29, 1.82) is 0 Å². The van der Waals surface area contributed by atoms with Crippen molar-refractivity contribution in [3.63, 3.8) is 0 Å². The van der Waals surface area contributed by atoms with Crippen LogP contribution < -0.4 is 10.6 Å². The summed E-state index contributed by atoms with van der Waals surface area (Å²) in [6, 6.07) is 0.497. The van der Waals surface area contributed by atoms with Gasteiger partial charge in [-0.2, -0.15) is 0 Å². The summed E-state index contributed by atoms with van der Waals surface area (Å²) in [5, 5.41) is 15.9. The van der Waals surface area contributed by atoms with Crippen LogP contribution in [0.15, 0.2) is 4.99 Å². The van der Waals surface area contributed by atoms with Gasteiger partial charge in [0.25, 0.3) is 0 Å². The summed E-state index contributed by atoms with van der Waals surface area (Å²) in [4.78, 5) is 6.87. The Labute approximate surface area is 169 Å². The summed E-state index contributed by atoms with van der Waals surface area (Å²) in [6.07, 6.45) is 9.17. The number of rotatable bonds is 8. The maximum absolute atomic E-state index is 5.18. The largest absolute Gasteiger partial charge is 0.383 e. The van der Waals surface area contributed by atoms with Gasteiger partial charge in [-0.1, -0.05) is 6.42 Å². The quantitative estimate of drug-likeness (QED) is 0.394. The Morgan fingerprint density at radius 1 is 1.18 bits per heavy atom. The van der Waals surface area contributed by atoms with E-state index in [9.17, 15) is 0 Å². The number of guanidine groups is 1. The fourth-order valence-corrected chi connectivity index (χ4v) is 4.09. The number of piperidine rings is 1. The summed E-state index contributed by atoms with van der Waals surface area (Å²) >= 11 is 0. The zero-order chi connectivity index (χ0) is 19.6. The maximum atomic E-state index is 5.18. The first-order valence-corrected chi connectivity index (χ1v) is 10.9. The Balaban J connectivity index is 1.35. The zero-order valence-corrected chi connectivity index (χ0v) is 17.6. The highest BCUT2D eigenvalue weighted by Crippen LogP contribution is 2.15. The minimum Gasteiger partial charge on any atom is -0.383 e. The lowest BCUT2D eigenvalue weighted by Crippen LogP contribution is -2.49. The van der Waals surface area contributed by atoms with E-state index in [-0.39, 0.29) is 0 Å². The Hall–Kier alpha value is -1.67. The average Bonchev–Trinajstić information content (AvgIpc) is 2.95. The topological polar surface area (TPSA) is 79.6 Å². The lowest BCUT2D eigenvalue weighted by Gasteiger charge is -2.32. The van der Waals surface area contributed by atoms with Gasteiger partial charge in [0, 0.05) is 65.8 Å². The van der Waals surface area contributed by atoms with Gasteiger partial charge < -0.3 is 24.8 Å². The van der Waals surface area contributed by atoms with Crippen LogP contribution in [-0.4, -0.2) is 78.6 Å². The molecule has 3 rings (SSSR count). The predicted molar refractivity (Wildman–Crippen MR) is 112 cm³/mol. The maximum Gasteiger partial charge on any atom is 0.191 e. The number of aliphatic imine (C=N–C) groups is 1. The molecule has 1 fully saturated rings. The van der Waals surface area contributed by atoms with E-state index in [4.69, 9.17) is 4.74 Å². The van der Waals surface area contributed by atoms with Crippen molar-refractivity contribution in [3.05, 3.63) is 11.6 Å². The lowest BCUT2D eigenvalue weighted by atomic mass is 10.1. The van der Waals surface area contributed by atoms with E-state index >= 15 is 0 Å². The van der Waals surface area contributed by atoms with Crippen molar-refractivity contribution in [3.8, 4) is 0 Å². The fourth-order valence-electron chi connectivity index (χ4n) is 4.09. The summed E-state index contributed by atoms with van der Waals surface area (Å²) in [5.74, 6) is 3.23. The van der Waals surface area contributed by atoms with Crippen molar-refractivity contribution < 1.29 is 4.74 Å². The summed E-state index contributed by atoms with van der Waals surface area (Å²) in [7, 11) is 3.62. The molecule has 1 saturated heterocycles. The van der Waals surface area contributed by atoms with Gasteiger partial charge in [-0.3, -0.25) is 4.99 Å². The SMILES string of the molecule is CN=C(NCCCc1nnc2n1CCCCC2)NC1CCN(CCOC)CC1. The normalized spacial score (nSPS) is 19.3. The molecule has 0 bridgehead atoms. The van der Waals surface area contributed by atoms with Crippen molar-refractivity contribution in [2.45, 2.75) is 64.0 Å². The number of likely N-dealkylation sites (tertiary alicyclic amines) is 1. The van der Waals surface area contributed by atoms with Gasteiger partial charge in [0.2, 0.25) is 0 Å². The number of hydrogen-bond donors (Lipinski definition) is 2. The third-order valence-corrected chi connectivity index (χ3v) is 5.82. The van der Waals surface area contributed by atoms with Crippen molar-refractivity contribution in [2.75, 3.05) is 46.9 Å². The standard InChI is InChI=1S/C20H37N7O/c1-21-20(23-17-9-13-26(14-10-17)15-16-28-2)22-11-6-8-19-25-24-18-7-4-3-5-12-27(18)19/h17H,3-16H2,1-2H3,(H2,21,22,23). The van der Waals surface area contributed by atoms with Gasteiger partial charge in [-0.15, -0.1) is 10.2 Å². The van der Waals surface area contributed by atoms with Crippen LogP contribution in [0.2, 0.25) is 0 Å². The van der Waals surface area contributed by atoms with E-state index in [1.165, 1.54) is 25.1 Å². The third kappa shape index (κ3) is 6.17. The number of nitrogens with one attached hydrogen (secondary N) is 2. The molecule has 0 spiro atoms. The van der Waals surface area contributed by atoms with Crippen LogP contribution in [-0.2, 0) is 24.1 Å². The summed E-state index contributed by atoms with van der Waals surface area (Å²) in [5.41, 5.74) is 0. The average molecular weight is 392 g/mol. The van der Waals surface area contributed by atoms with E-state index in [0.717, 1.165) is 83.2 Å². The zero-order valence-electron chi connectivity index (χ0n) is 17.6. The number of aryl methyl sites for hydroxylation is 2. The Kier molecular flexibility index (Phi) is 8.54. The Bertz CT molecular complexity index is 608. The number of hydrogen-bond acceptors (Lipinski definition) is 5. The molecule has 3 heterocycles. The Morgan fingerprint density at radius 2 is 2.04 bits per heavy atom. The molecule has 0 aliphatic carbocycles. The molecule has 158 valence electrons. The summed E-state index contributed by atoms with van der Waals surface area (Å²) in [6.45, 7) is 6.07. The van der Waals surface area contributed by atoms with Crippen LogP contribution in [0.4, 0.5) is 0 Å². The van der Waals surface area contributed by atoms with Gasteiger partial charge >= 0.3 is 0 Å². The molecule has 0 saturated carbocycles. The number of nitrogens with zero attached hydrogens (tertiary/aromatic N) is 5. The molecular formula is C20H37N7O. The molecule has 2 aliphatic rings. The molecule has 1 aromatic rings. The van der Waals surface area contributed by atoms with Crippen LogP contribution in [0, 0.1) is 0 Å². The second kappa shape index (κ2) is 11.4. The van der Waals surface area contributed by atoms with E-state index < -0.39 is 0 Å². The molecule has 2 N–H and O–H groups in total. The third-order valence-electron chi connectivity index (χ3n) is 5.82. The number of fused-ring (bicyclic) bond motifs is 1. The van der Waals surface area contributed by atoms with E-state index in [2.05, 4.69) is 35.3 Å². The monoisotopic (exact) mass is 391 g/mol. The van der Waals surface area contributed by atoms with Crippen molar-refractivity contribution in [2.24, 2.45) is 4.99 Å². The fraction of sp³-hybridized carbons (Fsp3) is 0.850. The minimum atomic E-state index is 0.497. The van der Waals surface area contributed by atoms with Gasteiger partial charge in [0.05, 0.1) is 6.61 Å². The first kappa shape index (κ1) is 21.0. The van der Waals surface area contributed by atoms with Crippen LogP contribution in [0.3, 0.4) is 0 Å². The molecule has 0 amide bonds. The molecule has 8 heteroatoms. The molecule has 0 aromatic carbocycles. The van der Waals surface area contributed by atoms with Crippen molar-refractivity contribution in [1.82, 2.24) is 30.3 Å². The van der Waals surface area contributed by atoms with Gasteiger partial charge in [0.1, 0.15) is 11.6 Å². The summed E-state index contributed by atoms with van der Waals surface area (Å²) < 4.78 is 7.52. The molecular weight excluding hydrogens is 354 g/mol. The molecule has 0 radical (unpaired) electrons. The predicted octanol–water partition coefficient (Wildman–Crippen LogP) is 1.21. The van der Waals surface area contributed by atoms with E-state index in [0.29, 0.717) is 6.04 Å². The minimum absolute atomic E-state index is 0.497. The molecule has 2 aliphatic heterocycles. The molecule has 1 aromatic heterocycles. The van der Waals surface area contributed by atoms with E-state index in [1.807, 2.05) is 7.05 Å². The number of methoxy groups -OCH3 is 1. The highest BCUT2D eigenvalue weighted by molar-refractivity contribution is 5.79.